The fraction of sp³-hybridized carbons (Fsp3) is 0.429. The van der Waals surface area contributed by atoms with Crippen LogP contribution in [-0.4, -0.2) is 15.2 Å². The van der Waals surface area contributed by atoms with Gasteiger partial charge in [-0.3, -0.25) is 4.79 Å². The molecule has 5 heteroatoms. The Hall–Kier alpha value is -0.540. The van der Waals surface area contributed by atoms with E-state index in [0.29, 0.717) is 11.7 Å². The normalized spacial score (nSPS) is 12.9. The number of nitrogens with zero attached hydrogens (tertiary/aromatic N) is 2. The lowest BCUT2D eigenvalue weighted by atomic mass is 10.4. The fourth-order valence-corrected chi connectivity index (χ4v) is 1.08. The van der Waals surface area contributed by atoms with Gasteiger partial charge in [0.15, 0.2) is 0 Å². The highest BCUT2D eigenvalue weighted by Gasteiger charge is 2.01. The van der Waals surface area contributed by atoms with Crippen molar-refractivity contribution in [3.05, 3.63) is 27.6 Å². The molecule has 0 aliphatic carbocycles. The Morgan fingerprint density at radius 1 is 1.67 bits per heavy atom. The average Bonchev–Trinajstić information content (AvgIpc) is 1.96. The van der Waals surface area contributed by atoms with Gasteiger partial charge in [0.1, 0.15) is 5.15 Å². The Balaban J connectivity index is 2.98. The van der Waals surface area contributed by atoms with E-state index in [9.17, 15) is 4.79 Å². The summed E-state index contributed by atoms with van der Waals surface area (Å²) in [5.74, 6) is 0. The maximum Gasteiger partial charge on any atom is 0.266 e. The molecule has 12 heavy (non-hydrogen) atoms. The molecule has 1 aromatic heterocycles. The molecule has 0 bridgehead atoms. The van der Waals surface area contributed by atoms with E-state index >= 15 is 0 Å². The van der Waals surface area contributed by atoms with Crippen molar-refractivity contribution in [1.82, 2.24) is 9.78 Å². The van der Waals surface area contributed by atoms with Crippen LogP contribution in [0.15, 0.2) is 16.9 Å². The highest BCUT2D eigenvalue weighted by Crippen LogP contribution is 2.00. The third-order valence-electron chi connectivity index (χ3n) is 1.26. The first-order valence-electron chi connectivity index (χ1n) is 3.47. The molecule has 0 aliphatic heterocycles. The van der Waals surface area contributed by atoms with E-state index in [1.54, 1.807) is 6.92 Å². The number of alkyl halides is 1. The fourth-order valence-electron chi connectivity index (χ4n) is 0.793. The minimum Gasteiger partial charge on any atom is -0.268 e. The van der Waals surface area contributed by atoms with E-state index < -0.39 is 0 Å². The minimum absolute atomic E-state index is 0.131. The molecule has 1 atom stereocenters. The molecule has 0 spiro atoms. The summed E-state index contributed by atoms with van der Waals surface area (Å²) in [5, 5.41) is 3.97. The van der Waals surface area contributed by atoms with E-state index in [2.05, 4.69) is 5.10 Å². The van der Waals surface area contributed by atoms with Crippen LogP contribution in [-0.2, 0) is 6.54 Å². The molecule has 1 unspecified atom stereocenters. The largest absolute Gasteiger partial charge is 0.268 e. The van der Waals surface area contributed by atoms with Gasteiger partial charge in [0.2, 0.25) is 0 Å². The number of halogens is 2. The van der Waals surface area contributed by atoms with E-state index in [-0.39, 0.29) is 10.9 Å². The Bertz CT molecular complexity index is 321. The SMILES string of the molecule is CC(Cl)Cn1nc(Cl)ccc1=O. The molecule has 1 rings (SSSR count). The van der Waals surface area contributed by atoms with Crippen LogP contribution in [0.1, 0.15) is 6.92 Å². The Morgan fingerprint density at radius 3 is 2.92 bits per heavy atom. The van der Waals surface area contributed by atoms with Crippen LogP contribution >= 0.6 is 23.2 Å². The molecule has 0 fully saturated rings. The van der Waals surface area contributed by atoms with Crippen LogP contribution in [0.4, 0.5) is 0 Å². The van der Waals surface area contributed by atoms with E-state index in [4.69, 9.17) is 23.2 Å². The quantitative estimate of drug-likeness (QED) is 0.689. The summed E-state index contributed by atoms with van der Waals surface area (Å²) >= 11 is 11.3. The van der Waals surface area contributed by atoms with Crippen LogP contribution in [0.5, 0.6) is 0 Å². The number of aromatic nitrogens is 2. The zero-order valence-corrected chi connectivity index (χ0v) is 8.01. The summed E-state index contributed by atoms with van der Waals surface area (Å²) in [6.07, 6.45) is 0. The molecule has 3 nitrogen and oxygen atoms in total. The molecule has 0 radical (unpaired) electrons. The van der Waals surface area contributed by atoms with Crippen molar-refractivity contribution in [2.24, 2.45) is 0 Å². The molecule has 66 valence electrons. The molecule has 0 aliphatic rings. The van der Waals surface area contributed by atoms with Crippen LogP contribution in [0.2, 0.25) is 5.15 Å². The molecule has 1 aromatic rings. The maximum atomic E-state index is 11.1. The first kappa shape index (κ1) is 9.55. The summed E-state index contributed by atoms with van der Waals surface area (Å²) in [6, 6.07) is 2.83. The van der Waals surface area contributed by atoms with Crippen molar-refractivity contribution in [3.8, 4) is 0 Å². The summed E-state index contributed by atoms with van der Waals surface area (Å²) in [6.45, 7) is 2.16. The monoisotopic (exact) mass is 206 g/mol. The molecule has 0 amide bonds. The number of hydrogen-bond donors (Lipinski definition) is 0. The molecular weight excluding hydrogens is 199 g/mol. The highest BCUT2D eigenvalue weighted by atomic mass is 35.5. The molecule has 0 saturated heterocycles. The average molecular weight is 207 g/mol. The van der Waals surface area contributed by atoms with Gasteiger partial charge < -0.3 is 0 Å². The summed E-state index contributed by atoms with van der Waals surface area (Å²) < 4.78 is 1.25. The number of rotatable bonds is 2. The number of hydrogen-bond acceptors (Lipinski definition) is 2. The van der Waals surface area contributed by atoms with Crippen molar-refractivity contribution in [2.45, 2.75) is 18.8 Å². The smallest absolute Gasteiger partial charge is 0.266 e. The first-order chi connectivity index (χ1) is 5.59. The summed E-state index contributed by atoms with van der Waals surface area (Å²) in [7, 11) is 0. The van der Waals surface area contributed by atoms with Gasteiger partial charge in [0.05, 0.1) is 11.9 Å². The predicted molar refractivity (Wildman–Crippen MR) is 48.8 cm³/mol. The van der Waals surface area contributed by atoms with Gasteiger partial charge in [-0.15, -0.1) is 11.6 Å². The van der Waals surface area contributed by atoms with Crippen LogP contribution in [0, 0.1) is 0 Å². The van der Waals surface area contributed by atoms with Gasteiger partial charge >= 0.3 is 0 Å². The van der Waals surface area contributed by atoms with Gasteiger partial charge in [0.25, 0.3) is 5.56 Å². The third kappa shape index (κ3) is 2.50. The summed E-state index contributed by atoms with van der Waals surface area (Å²) in [4.78, 5) is 11.1. The second kappa shape index (κ2) is 3.92. The molecule has 0 aromatic carbocycles. The van der Waals surface area contributed by atoms with Crippen molar-refractivity contribution in [1.29, 1.82) is 0 Å². The topological polar surface area (TPSA) is 34.9 Å². The first-order valence-corrected chi connectivity index (χ1v) is 4.29. The lowest BCUT2D eigenvalue weighted by Crippen LogP contribution is -2.24. The molecule has 0 N–H and O–H groups in total. The van der Waals surface area contributed by atoms with Crippen molar-refractivity contribution in [3.63, 3.8) is 0 Å². The van der Waals surface area contributed by atoms with Gasteiger partial charge in [-0.2, -0.15) is 5.10 Å². The van der Waals surface area contributed by atoms with Gasteiger partial charge in [0, 0.05) is 6.07 Å². The van der Waals surface area contributed by atoms with Crippen molar-refractivity contribution < 1.29 is 0 Å². The second-order valence-electron chi connectivity index (χ2n) is 2.46. The summed E-state index contributed by atoms with van der Waals surface area (Å²) in [5.41, 5.74) is -0.188. The predicted octanol–water partition coefficient (Wildman–Crippen LogP) is 1.52. The minimum atomic E-state index is -0.188. The van der Waals surface area contributed by atoms with Crippen LogP contribution in [0.25, 0.3) is 0 Å². The molecule has 1 heterocycles. The third-order valence-corrected chi connectivity index (χ3v) is 1.60. The molecule has 0 saturated carbocycles. The van der Waals surface area contributed by atoms with E-state index in [1.807, 2.05) is 0 Å². The Kier molecular flexibility index (Phi) is 3.12. The Labute approximate surface area is 79.9 Å². The lowest BCUT2D eigenvalue weighted by Gasteiger charge is -2.04. The standard InChI is InChI=1S/C7H8Cl2N2O/c1-5(8)4-11-7(12)3-2-6(9)10-11/h2-3,5H,4H2,1H3. The Morgan fingerprint density at radius 2 is 2.33 bits per heavy atom. The second-order valence-corrected chi connectivity index (χ2v) is 3.59. The molecular formula is C7H8Cl2N2O. The zero-order chi connectivity index (χ0) is 9.14. The van der Waals surface area contributed by atoms with E-state index in [0.717, 1.165) is 0 Å². The van der Waals surface area contributed by atoms with E-state index in [1.165, 1.54) is 16.8 Å². The van der Waals surface area contributed by atoms with Crippen LogP contribution < -0.4 is 5.56 Å². The maximum absolute atomic E-state index is 11.1. The zero-order valence-electron chi connectivity index (χ0n) is 6.50. The van der Waals surface area contributed by atoms with Gasteiger partial charge in [-0.25, -0.2) is 4.68 Å². The highest BCUT2D eigenvalue weighted by molar-refractivity contribution is 6.29. The lowest BCUT2D eigenvalue weighted by molar-refractivity contribution is 0.573. The van der Waals surface area contributed by atoms with Crippen molar-refractivity contribution in [2.75, 3.05) is 0 Å². The van der Waals surface area contributed by atoms with Crippen molar-refractivity contribution >= 4 is 23.2 Å². The van der Waals surface area contributed by atoms with Gasteiger partial charge in [-0.05, 0) is 13.0 Å². The van der Waals surface area contributed by atoms with Crippen LogP contribution in [0.3, 0.4) is 0 Å². The van der Waals surface area contributed by atoms with Gasteiger partial charge in [-0.1, -0.05) is 11.6 Å².